The zero-order chi connectivity index (χ0) is 11.2. The SMILES string of the molecule is N#C[C@@H]1CNC[C@]12C(=O)Nc1ccccc12. The Balaban J connectivity index is 2.21. The number of amides is 1. The smallest absolute Gasteiger partial charge is 0.237 e. The number of nitrogens with one attached hydrogen (secondary N) is 2. The van der Waals surface area contributed by atoms with Gasteiger partial charge in [-0.2, -0.15) is 5.26 Å². The summed E-state index contributed by atoms with van der Waals surface area (Å²) in [5.74, 6) is -0.332. The number of para-hydroxylation sites is 1. The van der Waals surface area contributed by atoms with Crippen LogP contribution in [0.3, 0.4) is 0 Å². The largest absolute Gasteiger partial charge is 0.325 e. The molecule has 80 valence electrons. The van der Waals surface area contributed by atoms with E-state index < -0.39 is 5.41 Å². The number of benzene rings is 1. The highest BCUT2D eigenvalue weighted by Crippen LogP contribution is 2.44. The van der Waals surface area contributed by atoms with E-state index in [0.717, 1.165) is 11.3 Å². The maximum Gasteiger partial charge on any atom is 0.237 e. The molecular weight excluding hydrogens is 202 g/mol. The predicted octanol–water partition coefficient (Wildman–Crippen LogP) is 0.619. The Bertz CT molecular complexity index is 505. The summed E-state index contributed by atoms with van der Waals surface area (Å²) >= 11 is 0. The fraction of sp³-hybridized carbons (Fsp3) is 0.333. The molecule has 2 aliphatic rings. The highest BCUT2D eigenvalue weighted by atomic mass is 16.2. The molecule has 4 heteroatoms. The van der Waals surface area contributed by atoms with Crippen LogP contribution in [0.25, 0.3) is 0 Å². The van der Waals surface area contributed by atoms with Crippen LogP contribution in [0.5, 0.6) is 0 Å². The van der Waals surface area contributed by atoms with Crippen LogP contribution in [0.15, 0.2) is 24.3 Å². The first-order valence-electron chi connectivity index (χ1n) is 5.30. The van der Waals surface area contributed by atoms with Crippen LogP contribution in [0.2, 0.25) is 0 Å². The van der Waals surface area contributed by atoms with Crippen molar-refractivity contribution in [1.29, 1.82) is 5.26 Å². The van der Waals surface area contributed by atoms with Crippen LogP contribution in [-0.2, 0) is 10.2 Å². The molecule has 3 rings (SSSR count). The molecule has 16 heavy (non-hydrogen) atoms. The van der Waals surface area contributed by atoms with E-state index >= 15 is 0 Å². The number of fused-ring (bicyclic) bond motifs is 2. The lowest BCUT2D eigenvalue weighted by Crippen LogP contribution is -2.41. The fourth-order valence-corrected chi connectivity index (χ4v) is 2.73. The third-order valence-corrected chi connectivity index (χ3v) is 3.56. The molecule has 1 amide bonds. The average Bonchev–Trinajstić information content (AvgIpc) is 2.85. The topological polar surface area (TPSA) is 64.9 Å². The van der Waals surface area contributed by atoms with Gasteiger partial charge in [0.1, 0.15) is 5.41 Å². The van der Waals surface area contributed by atoms with Crippen LogP contribution in [-0.4, -0.2) is 19.0 Å². The zero-order valence-electron chi connectivity index (χ0n) is 8.66. The van der Waals surface area contributed by atoms with Crippen molar-refractivity contribution in [1.82, 2.24) is 5.32 Å². The van der Waals surface area contributed by atoms with Crippen LogP contribution in [0.4, 0.5) is 5.69 Å². The summed E-state index contributed by atoms with van der Waals surface area (Å²) in [5, 5.41) is 15.2. The molecule has 0 unspecified atom stereocenters. The maximum atomic E-state index is 12.1. The monoisotopic (exact) mass is 213 g/mol. The van der Waals surface area contributed by atoms with Crippen LogP contribution < -0.4 is 10.6 Å². The predicted molar refractivity (Wildman–Crippen MR) is 58.7 cm³/mol. The maximum absolute atomic E-state index is 12.1. The average molecular weight is 213 g/mol. The quantitative estimate of drug-likeness (QED) is 0.664. The van der Waals surface area contributed by atoms with Crippen LogP contribution >= 0.6 is 0 Å². The third kappa shape index (κ3) is 0.935. The summed E-state index contributed by atoms with van der Waals surface area (Å²) in [7, 11) is 0. The number of carbonyl (C=O) groups is 1. The minimum absolute atomic E-state index is 0.0507. The Labute approximate surface area is 93.3 Å². The molecule has 1 spiro atoms. The van der Waals surface area contributed by atoms with Gasteiger partial charge in [-0.3, -0.25) is 4.79 Å². The number of anilines is 1. The van der Waals surface area contributed by atoms with Gasteiger partial charge in [0.05, 0.1) is 12.0 Å². The second-order valence-electron chi connectivity index (χ2n) is 4.28. The summed E-state index contributed by atoms with van der Waals surface area (Å²) in [5.41, 5.74) is 1.12. The van der Waals surface area contributed by atoms with Gasteiger partial charge in [0, 0.05) is 18.8 Å². The van der Waals surface area contributed by atoms with E-state index in [1.165, 1.54) is 0 Å². The van der Waals surface area contributed by atoms with E-state index in [0.29, 0.717) is 13.1 Å². The molecule has 0 saturated carbocycles. The van der Waals surface area contributed by atoms with E-state index in [1.807, 2.05) is 24.3 Å². The molecule has 1 fully saturated rings. The van der Waals surface area contributed by atoms with Gasteiger partial charge in [-0.25, -0.2) is 0 Å². The normalized spacial score (nSPS) is 31.2. The zero-order valence-corrected chi connectivity index (χ0v) is 8.66. The minimum Gasteiger partial charge on any atom is -0.325 e. The molecule has 1 saturated heterocycles. The van der Waals surface area contributed by atoms with Crippen LogP contribution in [0.1, 0.15) is 5.56 Å². The number of carbonyl (C=O) groups excluding carboxylic acids is 1. The Morgan fingerprint density at radius 3 is 3.06 bits per heavy atom. The second-order valence-corrected chi connectivity index (χ2v) is 4.28. The van der Waals surface area contributed by atoms with Crippen molar-refractivity contribution in [3.63, 3.8) is 0 Å². The Morgan fingerprint density at radius 2 is 2.25 bits per heavy atom. The Hall–Kier alpha value is -1.86. The first-order chi connectivity index (χ1) is 7.79. The van der Waals surface area contributed by atoms with Gasteiger partial charge in [0.2, 0.25) is 5.91 Å². The molecule has 0 aromatic heterocycles. The van der Waals surface area contributed by atoms with E-state index in [9.17, 15) is 4.79 Å². The van der Waals surface area contributed by atoms with Gasteiger partial charge in [0.25, 0.3) is 0 Å². The van der Waals surface area contributed by atoms with E-state index in [2.05, 4.69) is 16.7 Å². The van der Waals surface area contributed by atoms with Gasteiger partial charge in [0.15, 0.2) is 0 Å². The first-order valence-corrected chi connectivity index (χ1v) is 5.30. The molecule has 1 aromatic rings. The lowest BCUT2D eigenvalue weighted by molar-refractivity contribution is -0.120. The number of hydrogen-bond donors (Lipinski definition) is 2. The van der Waals surface area contributed by atoms with Gasteiger partial charge in [-0.1, -0.05) is 18.2 Å². The van der Waals surface area contributed by atoms with E-state index in [1.54, 1.807) is 0 Å². The number of nitrogens with zero attached hydrogens (tertiary/aromatic N) is 1. The van der Waals surface area contributed by atoms with Crippen molar-refractivity contribution in [2.24, 2.45) is 5.92 Å². The van der Waals surface area contributed by atoms with Crippen molar-refractivity contribution in [3.8, 4) is 6.07 Å². The minimum atomic E-state index is -0.675. The van der Waals surface area contributed by atoms with E-state index in [-0.39, 0.29) is 11.8 Å². The lowest BCUT2D eigenvalue weighted by Gasteiger charge is -2.23. The number of hydrogen-bond acceptors (Lipinski definition) is 3. The number of nitriles is 1. The summed E-state index contributed by atoms with van der Waals surface area (Å²) in [4.78, 5) is 12.1. The molecule has 2 heterocycles. The van der Waals surface area contributed by atoms with Gasteiger partial charge in [-0.05, 0) is 11.6 Å². The number of rotatable bonds is 0. The summed E-state index contributed by atoms with van der Waals surface area (Å²) in [6, 6.07) is 9.86. The molecule has 2 N–H and O–H groups in total. The van der Waals surface area contributed by atoms with E-state index in [4.69, 9.17) is 5.26 Å². The fourth-order valence-electron chi connectivity index (χ4n) is 2.73. The Morgan fingerprint density at radius 1 is 1.44 bits per heavy atom. The molecule has 1 aromatic carbocycles. The van der Waals surface area contributed by atoms with Gasteiger partial charge < -0.3 is 10.6 Å². The highest BCUT2D eigenvalue weighted by molar-refractivity contribution is 6.07. The van der Waals surface area contributed by atoms with Gasteiger partial charge in [-0.15, -0.1) is 0 Å². The molecule has 0 aliphatic carbocycles. The second kappa shape index (κ2) is 3.06. The molecule has 4 nitrogen and oxygen atoms in total. The summed E-state index contributed by atoms with van der Waals surface area (Å²) in [6.45, 7) is 1.13. The standard InChI is InChI=1S/C12H11N3O/c13-5-8-6-14-7-12(8)9-3-1-2-4-10(9)15-11(12)16/h1-4,8,14H,6-7H2,(H,15,16)/t8-,12+/m1/s1. The van der Waals surface area contributed by atoms with Gasteiger partial charge >= 0.3 is 0 Å². The molecule has 0 radical (unpaired) electrons. The van der Waals surface area contributed by atoms with Crippen molar-refractivity contribution < 1.29 is 4.79 Å². The Kier molecular flexibility index (Phi) is 1.79. The molecular formula is C12H11N3O. The van der Waals surface area contributed by atoms with Crippen molar-refractivity contribution in [3.05, 3.63) is 29.8 Å². The van der Waals surface area contributed by atoms with Crippen molar-refractivity contribution in [2.45, 2.75) is 5.41 Å². The first kappa shape index (κ1) is 9.37. The summed E-state index contributed by atoms with van der Waals surface area (Å²) < 4.78 is 0. The third-order valence-electron chi connectivity index (χ3n) is 3.56. The molecule has 0 bridgehead atoms. The van der Waals surface area contributed by atoms with Crippen LogP contribution in [0, 0.1) is 17.2 Å². The molecule has 2 atom stereocenters. The van der Waals surface area contributed by atoms with Crippen molar-refractivity contribution >= 4 is 11.6 Å². The molecule has 2 aliphatic heterocycles. The summed E-state index contributed by atoms with van der Waals surface area (Å²) in [6.07, 6.45) is 0. The van der Waals surface area contributed by atoms with Crippen molar-refractivity contribution in [2.75, 3.05) is 18.4 Å². The highest BCUT2D eigenvalue weighted by Gasteiger charge is 2.55. The lowest BCUT2D eigenvalue weighted by atomic mass is 9.74.